The van der Waals surface area contributed by atoms with Crippen LogP contribution in [-0.4, -0.2) is 30.0 Å². The Morgan fingerprint density at radius 1 is 1.16 bits per heavy atom. The SMILES string of the molecule is C=CCOC(=O)C1=C(C)N=c2sc(=Cc3ccc(OCCCCC)cc3)c(=O)n2C1c1ccc(SC)cc1. The summed E-state index contributed by atoms with van der Waals surface area (Å²) in [5.74, 6) is 0.306. The van der Waals surface area contributed by atoms with Crippen molar-refractivity contribution in [1.29, 1.82) is 0 Å². The standard InChI is InChI=1S/C30H32N2O4S2/c1-5-7-8-18-35-23-13-9-21(10-14-23)19-25-28(33)32-27(22-11-15-24(37-4)16-12-22)26(29(34)36-17-6-2)20(3)31-30(32)38-25/h6,9-16,19,27H,2,5,7-8,17-18H2,1,3-4H3. The van der Waals surface area contributed by atoms with Crippen molar-refractivity contribution in [2.45, 2.75) is 44.0 Å². The molecule has 4 rings (SSSR count). The van der Waals surface area contributed by atoms with Crippen LogP contribution in [0.1, 0.15) is 50.3 Å². The molecule has 0 N–H and O–H groups in total. The van der Waals surface area contributed by atoms with Crippen LogP contribution in [0.5, 0.6) is 5.75 Å². The zero-order valence-electron chi connectivity index (χ0n) is 21.9. The molecule has 0 saturated carbocycles. The van der Waals surface area contributed by atoms with Gasteiger partial charge in [0, 0.05) is 4.90 Å². The molecule has 8 heteroatoms. The van der Waals surface area contributed by atoms with Crippen LogP contribution < -0.4 is 19.6 Å². The Bertz CT molecular complexity index is 1500. The van der Waals surface area contributed by atoms with Crippen molar-refractivity contribution in [3.63, 3.8) is 0 Å². The van der Waals surface area contributed by atoms with Crippen LogP contribution in [0.3, 0.4) is 0 Å². The number of benzene rings is 2. The highest BCUT2D eigenvalue weighted by Crippen LogP contribution is 2.31. The smallest absolute Gasteiger partial charge is 0.338 e. The maximum atomic E-state index is 13.7. The summed E-state index contributed by atoms with van der Waals surface area (Å²) in [4.78, 5) is 33.1. The number of aromatic nitrogens is 1. The lowest BCUT2D eigenvalue weighted by atomic mass is 9.96. The van der Waals surface area contributed by atoms with E-state index in [1.54, 1.807) is 23.3 Å². The van der Waals surface area contributed by atoms with Crippen LogP contribution >= 0.6 is 23.1 Å². The third-order valence-corrected chi connectivity index (χ3v) is 7.93. The van der Waals surface area contributed by atoms with Gasteiger partial charge in [0.15, 0.2) is 4.80 Å². The molecule has 2 aromatic carbocycles. The van der Waals surface area contributed by atoms with Gasteiger partial charge in [-0.05, 0) is 61.1 Å². The Hall–Kier alpha value is -3.36. The predicted octanol–water partition coefficient (Wildman–Crippen LogP) is 5.26. The molecule has 0 spiro atoms. The molecule has 3 aromatic rings. The molecule has 1 aliphatic rings. The van der Waals surface area contributed by atoms with Gasteiger partial charge in [-0.1, -0.05) is 68.0 Å². The molecule has 0 fully saturated rings. The Morgan fingerprint density at radius 3 is 2.55 bits per heavy atom. The van der Waals surface area contributed by atoms with E-state index in [9.17, 15) is 9.59 Å². The maximum absolute atomic E-state index is 13.7. The molecule has 0 aliphatic carbocycles. The molecule has 0 amide bonds. The summed E-state index contributed by atoms with van der Waals surface area (Å²) in [5.41, 5.74) is 2.40. The number of thioether (sulfide) groups is 1. The quantitative estimate of drug-likeness (QED) is 0.142. The van der Waals surface area contributed by atoms with Gasteiger partial charge in [0.05, 0.1) is 28.5 Å². The number of hydrogen-bond donors (Lipinski definition) is 0. The van der Waals surface area contributed by atoms with Crippen molar-refractivity contribution in [2.24, 2.45) is 4.99 Å². The molecule has 6 nitrogen and oxygen atoms in total. The van der Waals surface area contributed by atoms with Gasteiger partial charge in [0.2, 0.25) is 0 Å². The van der Waals surface area contributed by atoms with Crippen LogP contribution in [0.2, 0.25) is 0 Å². The molecule has 1 unspecified atom stereocenters. The molecule has 198 valence electrons. The Balaban J connectivity index is 1.74. The lowest BCUT2D eigenvalue weighted by Gasteiger charge is -2.24. The number of nitrogens with zero attached hydrogens (tertiary/aromatic N) is 2. The third kappa shape index (κ3) is 6.19. The molecule has 38 heavy (non-hydrogen) atoms. The van der Waals surface area contributed by atoms with E-state index in [2.05, 4.69) is 18.5 Å². The normalized spacial score (nSPS) is 15.1. The van der Waals surface area contributed by atoms with E-state index in [0.29, 0.717) is 27.2 Å². The second-order valence-electron chi connectivity index (χ2n) is 8.87. The highest BCUT2D eigenvalue weighted by Gasteiger charge is 2.33. The number of hydrogen-bond acceptors (Lipinski definition) is 7. The van der Waals surface area contributed by atoms with Gasteiger partial charge >= 0.3 is 5.97 Å². The summed E-state index contributed by atoms with van der Waals surface area (Å²) < 4.78 is 13.4. The van der Waals surface area contributed by atoms with Gasteiger partial charge in [-0.15, -0.1) is 11.8 Å². The topological polar surface area (TPSA) is 69.9 Å². The molecule has 0 radical (unpaired) electrons. The van der Waals surface area contributed by atoms with Crippen molar-refractivity contribution in [3.8, 4) is 5.75 Å². The fourth-order valence-electron chi connectivity index (χ4n) is 4.25. The number of esters is 1. The summed E-state index contributed by atoms with van der Waals surface area (Å²) in [7, 11) is 0. The molecule has 0 bridgehead atoms. The van der Waals surface area contributed by atoms with Gasteiger partial charge < -0.3 is 9.47 Å². The highest BCUT2D eigenvalue weighted by atomic mass is 32.2. The summed E-state index contributed by atoms with van der Waals surface area (Å²) in [6.07, 6.45) is 8.71. The molecule has 1 aromatic heterocycles. The van der Waals surface area contributed by atoms with E-state index in [0.717, 1.165) is 41.0 Å². The van der Waals surface area contributed by atoms with Crippen molar-refractivity contribution in [2.75, 3.05) is 19.5 Å². The predicted molar refractivity (Wildman–Crippen MR) is 155 cm³/mol. The van der Waals surface area contributed by atoms with E-state index in [4.69, 9.17) is 9.47 Å². The average Bonchev–Trinajstić information content (AvgIpc) is 3.23. The average molecular weight is 549 g/mol. The van der Waals surface area contributed by atoms with Crippen molar-refractivity contribution < 1.29 is 14.3 Å². The first-order valence-corrected chi connectivity index (χ1v) is 14.7. The monoisotopic (exact) mass is 548 g/mol. The second kappa shape index (κ2) is 12.9. The fraction of sp³-hybridized carbons (Fsp3) is 0.300. The van der Waals surface area contributed by atoms with Gasteiger partial charge in [-0.3, -0.25) is 9.36 Å². The number of allylic oxidation sites excluding steroid dienone is 1. The number of ether oxygens (including phenoxy) is 2. The van der Waals surface area contributed by atoms with Crippen molar-refractivity contribution in [1.82, 2.24) is 4.57 Å². The van der Waals surface area contributed by atoms with E-state index in [1.165, 1.54) is 17.4 Å². The third-order valence-electron chi connectivity index (χ3n) is 6.20. The van der Waals surface area contributed by atoms with Crippen LogP contribution in [0, 0.1) is 0 Å². The highest BCUT2D eigenvalue weighted by molar-refractivity contribution is 7.98. The van der Waals surface area contributed by atoms with E-state index in [1.807, 2.05) is 60.9 Å². The van der Waals surface area contributed by atoms with Crippen LogP contribution in [0.25, 0.3) is 6.08 Å². The van der Waals surface area contributed by atoms with Crippen LogP contribution in [0.4, 0.5) is 0 Å². The summed E-state index contributed by atoms with van der Waals surface area (Å²) >= 11 is 2.94. The lowest BCUT2D eigenvalue weighted by Crippen LogP contribution is -2.39. The van der Waals surface area contributed by atoms with Crippen molar-refractivity contribution >= 4 is 35.1 Å². The first-order chi connectivity index (χ1) is 18.5. The first kappa shape index (κ1) is 27.7. The Kier molecular flexibility index (Phi) is 9.42. The molecule has 1 aliphatic heterocycles. The molecular weight excluding hydrogens is 516 g/mol. The molecule has 0 saturated heterocycles. The van der Waals surface area contributed by atoms with Gasteiger partial charge in [-0.25, -0.2) is 9.79 Å². The fourth-order valence-corrected chi connectivity index (χ4v) is 5.71. The minimum atomic E-state index is -0.638. The lowest BCUT2D eigenvalue weighted by molar-refractivity contribution is -0.138. The minimum absolute atomic E-state index is 0.0798. The van der Waals surface area contributed by atoms with Crippen LogP contribution in [0.15, 0.2) is 87.1 Å². The number of thiazole rings is 1. The first-order valence-electron chi connectivity index (χ1n) is 12.6. The number of fused-ring (bicyclic) bond motifs is 1. The van der Waals surface area contributed by atoms with Gasteiger partial charge in [0.25, 0.3) is 5.56 Å². The summed E-state index contributed by atoms with van der Waals surface area (Å²) in [6, 6.07) is 15.0. The summed E-state index contributed by atoms with van der Waals surface area (Å²) in [5, 5.41) is 0. The van der Waals surface area contributed by atoms with Gasteiger partial charge in [-0.2, -0.15) is 0 Å². The Labute approximate surface area is 231 Å². The zero-order chi connectivity index (χ0) is 27.1. The molecular formula is C30H32N2O4S2. The minimum Gasteiger partial charge on any atom is -0.494 e. The van der Waals surface area contributed by atoms with Gasteiger partial charge in [0.1, 0.15) is 12.4 Å². The van der Waals surface area contributed by atoms with Crippen molar-refractivity contribution in [3.05, 3.63) is 103 Å². The van der Waals surface area contributed by atoms with E-state index < -0.39 is 12.0 Å². The Morgan fingerprint density at radius 2 is 1.89 bits per heavy atom. The molecule has 1 atom stereocenters. The van der Waals surface area contributed by atoms with E-state index in [-0.39, 0.29) is 12.2 Å². The van der Waals surface area contributed by atoms with Crippen LogP contribution in [-0.2, 0) is 9.53 Å². The zero-order valence-corrected chi connectivity index (χ0v) is 23.6. The number of carbonyl (C=O) groups excluding carboxylic acids is 1. The largest absolute Gasteiger partial charge is 0.494 e. The number of rotatable bonds is 11. The molecule has 2 heterocycles. The number of carbonyl (C=O) groups is 1. The summed E-state index contributed by atoms with van der Waals surface area (Å²) in [6.45, 7) is 8.35. The maximum Gasteiger partial charge on any atom is 0.338 e. The second-order valence-corrected chi connectivity index (χ2v) is 10.8. The number of unbranched alkanes of at least 4 members (excludes halogenated alkanes) is 2. The van der Waals surface area contributed by atoms with E-state index >= 15 is 0 Å².